The topological polar surface area (TPSA) is 36.1 Å². The molecule has 19 rings (SSSR count). The SMILES string of the molecule is c1ccc2c(c1)-c1ccccc1C21c2cc(-n3c4ccccc4c4ccc5oc6ccccc6c5c43)sc2C2(c3ccccc3-c3ccccc32)c2cc(-n3c4ccccc4c4ccc5oc6ccccc6c5c43)sc21. The van der Waals surface area contributed by atoms with Crippen molar-refractivity contribution in [2.45, 2.75) is 10.8 Å². The lowest BCUT2D eigenvalue weighted by Crippen LogP contribution is -2.41. The fourth-order valence-corrected chi connectivity index (χ4v) is 17.8. The highest BCUT2D eigenvalue weighted by Gasteiger charge is 2.61. The zero-order valence-electron chi connectivity index (χ0n) is 40.5. The van der Waals surface area contributed by atoms with Crippen LogP contribution in [0.25, 0.3) is 120 Å². The quantitative estimate of drug-likeness (QED) is 0.173. The molecular formula is C70H38N2O2S2. The largest absolute Gasteiger partial charge is 0.456 e. The number of rotatable bonds is 2. The lowest BCUT2D eigenvalue weighted by molar-refractivity contribution is 0.661. The minimum absolute atomic E-state index is 0.680. The summed E-state index contributed by atoms with van der Waals surface area (Å²) in [4.78, 5) is 2.70. The smallest absolute Gasteiger partial charge is 0.137 e. The van der Waals surface area contributed by atoms with Gasteiger partial charge in [-0.3, -0.25) is 9.13 Å². The van der Waals surface area contributed by atoms with E-state index in [0.29, 0.717) is 0 Å². The average Bonchev–Trinajstić information content (AvgIpc) is 4.50. The van der Waals surface area contributed by atoms with Gasteiger partial charge in [0.25, 0.3) is 0 Å². The molecule has 0 saturated heterocycles. The lowest BCUT2D eigenvalue weighted by Gasteiger charge is -2.45. The third kappa shape index (κ3) is 4.55. The Morgan fingerprint density at radius 2 is 0.632 bits per heavy atom. The second-order valence-corrected chi connectivity index (χ2v) is 23.0. The summed E-state index contributed by atoms with van der Waals surface area (Å²) in [7, 11) is 0. The average molecular weight is 1000 g/mol. The van der Waals surface area contributed by atoms with Crippen LogP contribution in [0, 0.1) is 0 Å². The molecule has 0 N–H and O–H groups in total. The van der Waals surface area contributed by atoms with Gasteiger partial charge in [-0.2, -0.15) is 0 Å². The summed E-state index contributed by atoms with van der Waals surface area (Å²) in [5.74, 6) is 0. The van der Waals surface area contributed by atoms with Gasteiger partial charge in [-0.05, 0) is 116 Å². The van der Waals surface area contributed by atoms with Crippen molar-refractivity contribution in [3.05, 3.63) is 274 Å². The number of nitrogens with zero attached hydrogens (tertiary/aromatic N) is 2. The van der Waals surface area contributed by atoms with E-state index < -0.39 is 10.8 Å². The minimum atomic E-state index is -0.680. The van der Waals surface area contributed by atoms with Gasteiger partial charge in [0.1, 0.15) is 32.3 Å². The molecule has 0 atom stereocenters. The molecule has 0 unspecified atom stereocenters. The molecule has 0 amide bonds. The molecule has 3 aliphatic carbocycles. The van der Waals surface area contributed by atoms with Gasteiger partial charge < -0.3 is 8.83 Å². The third-order valence-electron chi connectivity index (χ3n) is 17.6. The summed E-state index contributed by atoms with van der Waals surface area (Å²) < 4.78 is 18.5. The Labute approximate surface area is 442 Å². The van der Waals surface area contributed by atoms with Crippen LogP contribution in [0.4, 0.5) is 0 Å². The van der Waals surface area contributed by atoms with Crippen LogP contribution < -0.4 is 0 Å². The molecule has 4 nitrogen and oxygen atoms in total. The highest BCUT2D eigenvalue weighted by atomic mass is 32.1. The van der Waals surface area contributed by atoms with Crippen molar-refractivity contribution in [3.8, 4) is 32.3 Å². The van der Waals surface area contributed by atoms with Crippen molar-refractivity contribution in [3.63, 3.8) is 0 Å². The van der Waals surface area contributed by atoms with Crippen LogP contribution in [-0.2, 0) is 10.8 Å². The molecule has 6 heteroatoms. The van der Waals surface area contributed by atoms with Crippen molar-refractivity contribution >= 4 is 110 Å². The number of furan rings is 2. The normalized spacial score (nSPS) is 14.5. The molecule has 0 saturated carbocycles. The van der Waals surface area contributed by atoms with E-state index in [2.05, 4.69) is 240 Å². The molecule has 0 bridgehead atoms. The molecule has 6 heterocycles. The van der Waals surface area contributed by atoms with Crippen molar-refractivity contribution in [1.29, 1.82) is 0 Å². The highest BCUT2D eigenvalue weighted by Crippen LogP contribution is 2.71. The van der Waals surface area contributed by atoms with Crippen LogP contribution in [0.2, 0.25) is 0 Å². The summed E-state index contributed by atoms with van der Waals surface area (Å²) in [5, 5.41) is 11.8. The molecule has 76 heavy (non-hydrogen) atoms. The van der Waals surface area contributed by atoms with Crippen molar-refractivity contribution in [2.75, 3.05) is 0 Å². The molecule has 0 aliphatic heterocycles. The van der Waals surface area contributed by atoms with Crippen molar-refractivity contribution in [1.82, 2.24) is 9.13 Å². The van der Waals surface area contributed by atoms with E-state index in [0.717, 1.165) is 43.9 Å². The van der Waals surface area contributed by atoms with Crippen LogP contribution in [-0.4, -0.2) is 9.13 Å². The fraction of sp³-hybridized carbons (Fsp3) is 0.0286. The minimum Gasteiger partial charge on any atom is -0.456 e. The second-order valence-electron chi connectivity index (χ2n) is 20.9. The van der Waals surface area contributed by atoms with Gasteiger partial charge in [-0.1, -0.05) is 170 Å². The maximum Gasteiger partial charge on any atom is 0.137 e. The molecule has 352 valence electrons. The zero-order chi connectivity index (χ0) is 49.2. The number of hydrogen-bond acceptors (Lipinski definition) is 4. The zero-order valence-corrected chi connectivity index (χ0v) is 42.1. The number of hydrogen-bond donors (Lipinski definition) is 0. The Morgan fingerprint density at radius 3 is 1.04 bits per heavy atom. The summed E-state index contributed by atoms with van der Waals surface area (Å²) in [5.41, 5.74) is 20.0. The first kappa shape index (κ1) is 40.2. The van der Waals surface area contributed by atoms with Gasteiger partial charge in [-0.15, -0.1) is 22.7 Å². The molecule has 16 aromatic rings. The lowest BCUT2D eigenvalue weighted by atomic mass is 9.58. The van der Waals surface area contributed by atoms with Crippen LogP contribution >= 0.6 is 22.7 Å². The van der Waals surface area contributed by atoms with E-state index in [-0.39, 0.29) is 0 Å². The molecular weight excluding hydrogens is 965 g/mol. The van der Waals surface area contributed by atoms with Crippen LogP contribution in [0.1, 0.15) is 43.1 Å². The molecule has 10 aromatic carbocycles. The number of aromatic nitrogens is 2. The van der Waals surface area contributed by atoms with E-state index in [1.807, 2.05) is 22.7 Å². The highest BCUT2D eigenvalue weighted by molar-refractivity contribution is 7.16. The van der Waals surface area contributed by atoms with Crippen molar-refractivity contribution < 1.29 is 8.83 Å². The third-order valence-corrected chi connectivity index (χ3v) is 20.1. The number of thiophene rings is 2. The first-order valence-corrected chi connectivity index (χ1v) is 27.7. The Morgan fingerprint density at radius 1 is 0.289 bits per heavy atom. The summed E-state index contributed by atoms with van der Waals surface area (Å²) >= 11 is 3.94. The van der Waals surface area contributed by atoms with E-state index in [4.69, 9.17) is 8.83 Å². The van der Waals surface area contributed by atoms with Crippen molar-refractivity contribution in [2.24, 2.45) is 0 Å². The van der Waals surface area contributed by atoms with E-state index in [9.17, 15) is 0 Å². The van der Waals surface area contributed by atoms with Crippen LogP contribution in [0.3, 0.4) is 0 Å². The maximum absolute atomic E-state index is 6.69. The van der Waals surface area contributed by atoms with Crippen LogP contribution in [0.15, 0.2) is 239 Å². The van der Waals surface area contributed by atoms with Gasteiger partial charge in [0.05, 0.1) is 43.7 Å². The van der Waals surface area contributed by atoms with E-state index in [1.54, 1.807) is 0 Å². The fourth-order valence-electron chi connectivity index (χ4n) is 14.9. The number of para-hydroxylation sites is 4. The van der Waals surface area contributed by atoms with Gasteiger partial charge in [0.2, 0.25) is 0 Å². The van der Waals surface area contributed by atoms with E-state index in [1.165, 1.54) is 119 Å². The van der Waals surface area contributed by atoms with Gasteiger partial charge in [0, 0.05) is 42.1 Å². The number of fused-ring (bicyclic) bond motifs is 30. The van der Waals surface area contributed by atoms with Gasteiger partial charge >= 0.3 is 0 Å². The molecule has 6 aromatic heterocycles. The summed E-state index contributed by atoms with van der Waals surface area (Å²) in [6.45, 7) is 0. The predicted molar refractivity (Wildman–Crippen MR) is 314 cm³/mol. The van der Waals surface area contributed by atoms with Gasteiger partial charge in [0.15, 0.2) is 0 Å². The molecule has 0 radical (unpaired) electrons. The Balaban J connectivity index is 1.02. The maximum atomic E-state index is 6.69. The molecule has 0 fully saturated rings. The summed E-state index contributed by atoms with van der Waals surface area (Å²) in [6.07, 6.45) is 0. The first-order valence-electron chi connectivity index (χ1n) is 26.1. The van der Waals surface area contributed by atoms with Crippen LogP contribution in [0.5, 0.6) is 0 Å². The predicted octanol–water partition coefficient (Wildman–Crippen LogP) is 18.8. The van der Waals surface area contributed by atoms with E-state index >= 15 is 0 Å². The number of benzene rings is 10. The second kappa shape index (κ2) is 13.9. The Hall–Kier alpha value is -9.20. The summed E-state index contributed by atoms with van der Waals surface area (Å²) in [6, 6.07) is 86.2. The van der Waals surface area contributed by atoms with Gasteiger partial charge in [-0.25, -0.2) is 0 Å². The standard InChI is InChI=1S/C70H38N2O2S2/c1-9-25-49-39(17-1)40-18-2-10-26-50(40)69(49)53-37-61(71-55-29-13-5-21-43(55)45-33-35-59-63(65(45)71)47-23-7-15-31-57(47)73-59)76-68(53)70(51-27-11-3-19-41(51)42-20-4-12-28-52(42)70)54-38-62(75-67(54)69)72-56-30-14-6-22-44(56)46-34-36-60-64(66(46)72)48-24-8-16-32-58(48)74-60/h1-38H. The first-order chi connectivity index (χ1) is 37.7. The Bertz CT molecular complexity index is 4810. The molecule has 2 spiro atoms. The Kier molecular flexibility index (Phi) is 7.38. The molecule has 3 aliphatic rings. The monoisotopic (exact) mass is 1000 g/mol.